The third-order valence-corrected chi connectivity index (χ3v) is 3.17. The number of likely N-dealkylation sites (N-methyl/N-ethyl adjacent to an activating group) is 1. The Hall–Kier alpha value is -1.10. The summed E-state index contributed by atoms with van der Waals surface area (Å²) in [7, 11) is 1.78. The van der Waals surface area contributed by atoms with E-state index in [1.807, 2.05) is 0 Å². The van der Waals surface area contributed by atoms with E-state index in [1.165, 1.54) is 0 Å². The Morgan fingerprint density at radius 3 is 2.88 bits per heavy atom. The van der Waals surface area contributed by atoms with Gasteiger partial charge in [-0.25, -0.2) is 0 Å². The second kappa shape index (κ2) is 6.59. The molecule has 17 heavy (non-hydrogen) atoms. The molecule has 1 aliphatic rings. The van der Waals surface area contributed by atoms with Gasteiger partial charge in [-0.2, -0.15) is 0 Å². The highest BCUT2D eigenvalue weighted by molar-refractivity contribution is 5.86. The summed E-state index contributed by atoms with van der Waals surface area (Å²) in [6, 6.07) is -0.188. The maximum Gasteiger partial charge on any atom is 0.325 e. The Labute approximate surface area is 102 Å². The highest BCUT2D eigenvalue weighted by atomic mass is 16.5. The van der Waals surface area contributed by atoms with E-state index in [2.05, 4.69) is 12.2 Å². The van der Waals surface area contributed by atoms with Gasteiger partial charge in [0.15, 0.2) is 0 Å². The molecule has 5 heteroatoms. The van der Waals surface area contributed by atoms with Crippen molar-refractivity contribution in [3.8, 4) is 0 Å². The summed E-state index contributed by atoms with van der Waals surface area (Å²) < 4.78 is 4.88. The number of rotatable bonds is 4. The van der Waals surface area contributed by atoms with Crippen molar-refractivity contribution in [3.05, 3.63) is 0 Å². The fraction of sp³-hybridized carbons (Fsp3) is 0.833. The Morgan fingerprint density at radius 2 is 2.29 bits per heavy atom. The molecule has 0 aromatic rings. The number of esters is 1. The van der Waals surface area contributed by atoms with Crippen molar-refractivity contribution in [2.45, 2.75) is 32.7 Å². The van der Waals surface area contributed by atoms with Crippen molar-refractivity contribution in [2.24, 2.45) is 5.92 Å². The molecule has 2 atom stereocenters. The van der Waals surface area contributed by atoms with Gasteiger partial charge in [0.25, 0.3) is 0 Å². The van der Waals surface area contributed by atoms with Gasteiger partial charge in [0, 0.05) is 6.54 Å². The van der Waals surface area contributed by atoms with Gasteiger partial charge in [0.1, 0.15) is 6.54 Å². The van der Waals surface area contributed by atoms with E-state index >= 15 is 0 Å². The molecule has 0 aromatic heterocycles. The van der Waals surface area contributed by atoms with Crippen LogP contribution in [0.25, 0.3) is 0 Å². The maximum absolute atomic E-state index is 12.2. The Kier molecular flexibility index (Phi) is 5.41. The molecule has 98 valence electrons. The summed E-state index contributed by atoms with van der Waals surface area (Å²) >= 11 is 0. The van der Waals surface area contributed by atoms with Crippen molar-refractivity contribution in [1.82, 2.24) is 10.2 Å². The van der Waals surface area contributed by atoms with Crippen LogP contribution in [0.4, 0.5) is 0 Å². The van der Waals surface area contributed by atoms with E-state index in [9.17, 15) is 9.59 Å². The van der Waals surface area contributed by atoms with E-state index < -0.39 is 0 Å². The lowest BCUT2D eigenvalue weighted by molar-refractivity contribution is -0.149. The predicted octanol–water partition coefficient (Wildman–Crippen LogP) is 0.396. The molecule has 0 aliphatic carbocycles. The average molecular weight is 242 g/mol. The molecule has 0 saturated carbocycles. The number of hydrogen-bond donors (Lipinski definition) is 1. The zero-order chi connectivity index (χ0) is 12.8. The van der Waals surface area contributed by atoms with Crippen LogP contribution in [-0.4, -0.2) is 49.6 Å². The van der Waals surface area contributed by atoms with Crippen molar-refractivity contribution < 1.29 is 14.3 Å². The molecule has 0 spiro atoms. The van der Waals surface area contributed by atoms with Crippen LogP contribution in [0.5, 0.6) is 0 Å². The number of ether oxygens (including phenoxy) is 1. The summed E-state index contributed by atoms with van der Waals surface area (Å²) in [6.45, 7) is 4.89. The summed E-state index contributed by atoms with van der Waals surface area (Å²) in [4.78, 5) is 25.2. The first-order valence-corrected chi connectivity index (χ1v) is 6.21. The molecule has 1 aliphatic heterocycles. The van der Waals surface area contributed by atoms with Crippen LogP contribution >= 0.6 is 0 Å². The fourth-order valence-electron chi connectivity index (χ4n) is 2.25. The van der Waals surface area contributed by atoms with Gasteiger partial charge in [-0.3, -0.25) is 9.59 Å². The third-order valence-electron chi connectivity index (χ3n) is 3.17. The molecular formula is C12H22N2O3. The topological polar surface area (TPSA) is 58.6 Å². The van der Waals surface area contributed by atoms with E-state index in [4.69, 9.17) is 4.74 Å². The summed E-state index contributed by atoms with van der Waals surface area (Å²) in [5, 5.41) is 3.04. The zero-order valence-electron chi connectivity index (χ0n) is 10.9. The van der Waals surface area contributed by atoms with E-state index in [-0.39, 0.29) is 24.5 Å². The smallest absolute Gasteiger partial charge is 0.325 e. The lowest BCUT2D eigenvalue weighted by atomic mass is 9.98. The van der Waals surface area contributed by atoms with E-state index in [0.717, 1.165) is 12.8 Å². The van der Waals surface area contributed by atoms with E-state index in [1.54, 1.807) is 18.9 Å². The van der Waals surface area contributed by atoms with Gasteiger partial charge in [-0.15, -0.1) is 0 Å². The van der Waals surface area contributed by atoms with Crippen LogP contribution in [0.3, 0.4) is 0 Å². The normalized spacial score (nSPS) is 25.6. The van der Waals surface area contributed by atoms with Crippen LogP contribution in [-0.2, 0) is 14.3 Å². The molecule has 0 bridgehead atoms. The van der Waals surface area contributed by atoms with Gasteiger partial charge in [-0.1, -0.05) is 6.92 Å². The molecule has 1 heterocycles. The minimum absolute atomic E-state index is 0.00514. The molecule has 5 nitrogen and oxygen atoms in total. The van der Waals surface area contributed by atoms with Crippen LogP contribution in [0.15, 0.2) is 0 Å². The molecule has 1 N–H and O–H groups in total. The van der Waals surface area contributed by atoms with Crippen molar-refractivity contribution in [1.29, 1.82) is 0 Å². The van der Waals surface area contributed by atoms with Gasteiger partial charge < -0.3 is 15.0 Å². The lowest BCUT2D eigenvalue weighted by Gasteiger charge is -2.25. The maximum atomic E-state index is 12.2. The number of nitrogens with one attached hydrogen (secondary N) is 1. The summed E-state index contributed by atoms with van der Waals surface area (Å²) in [6.07, 6.45) is 1.93. The molecule has 1 saturated heterocycles. The first-order chi connectivity index (χ1) is 8.10. The third kappa shape index (κ3) is 3.70. The van der Waals surface area contributed by atoms with Crippen LogP contribution in [0.1, 0.15) is 26.7 Å². The van der Waals surface area contributed by atoms with E-state index in [0.29, 0.717) is 19.1 Å². The highest BCUT2D eigenvalue weighted by Crippen LogP contribution is 2.18. The fourth-order valence-corrected chi connectivity index (χ4v) is 2.25. The van der Waals surface area contributed by atoms with Crippen LogP contribution in [0, 0.1) is 5.92 Å². The molecule has 2 unspecified atom stereocenters. The lowest BCUT2D eigenvalue weighted by Crippen LogP contribution is -2.48. The van der Waals surface area contributed by atoms with Crippen molar-refractivity contribution >= 4 is 11.9 Å². The second-order valence-electron chi connectivity index (χ2n) is 4.45. The Morgan fingerprint density at radius 1 is 1.59 bits per heavy atom. The predicted molar refractivity (Wildman–Crippen MR) is 64.5 cm³/mol. The molecular weight excluding hydrogens is 220 g/mol. The Bertz CT molecular complexity index is 281. The number of amides is 1. The van der Waals surface area contributed by atoms with Crippen molar-refractivity contribution in [2.75, 3.05) is 26.7 Å². The SMILES string of the molecule is CCOC(=O)CN1CCCC(C)C(NC)C1=O. The van der Waals surface area contributed by atoms with Gasteiger partial charge in [-0.05, 0) is 32.7 Å². The number of carbonyl (C=O) groups excluding carboxylic acids is 2. The zero-order valence-corrected chi connectivity index (χ0v) is 10.9. The largest absolute Gasteiger partial charge is 0.465 e. The number of hydrogen-bond acceptors (Lipinski definition) is 4. The monoisotopic (exact) mass is 242 g/mol. The second-order valence-corrected chi connectivity index (χ2v) is 4.45. The number of nitrogens with zero attached hydrogens (tertiary/aromatic N) is 1. The number of likely N-dealkylation sites (tertiary alicyclic amines) is 1. The number of carbonyl (C=O) groups is 2. The van der Waals surface area contributed by atoms with Crippen LogP contribution in [0.2, 0.25) is 0 Å². The molecule has 0 aromatic carbocycles. The summed E-state index contributed by atoms with van der Waals surface area (Å²) in [5.74, 6) is -0.0181. The molecule has 1 fully saturated rings. The average Bonchev–Trinajstić information content (AvgIpc) is 2.40. The standard InChI is InChI=1S/C12H22N2O3/c1-4-17-10(15)8-14-7-5-6-9(2)11(13-3)12(14)16/h9,11,13H,4-8H2,1-3H3. The minimum Gasteiger partial charge on any atom is -0.465 e. The van der Waals surface area contributed by atoms with Gasteiger partial charge in [0.05, 0.1) is 12.6 Å². The minimum atomic E-state index is -0.328. The quantitative estimate of drug-likeness (QED) is 0.725. The molecule has 1 rings (SSSR count). The Balaban J connectivity index is 2.65. The molecule has 1 amide bonds. The van der Waals surface area contributed by atoms with Crippen LogP contribution < -0.4 is 5.32 Å². The highest BCUT2D eigenvalue weighted by Gasteiger charge is 2.31. The van der Waals surface area contributed by atoms with Gasteiger partial charge in [0.2, 0.25) is 5.91 Å². The first kappa shape index (κ1) is 14.0. The molecule has 0 radical (unpaired) electrons. The van der Waals surface area contributed by atoms with Gasteiger partial charge >= 0.3 is 5.97 Å². The first-order valence-electron chi connectivity index (χ1n) is 6.21. The summed E-state index contributed by atoms with van der Waals surface area (Å²) in [5.41, 5.74) is 0. The van der Waals surface area contributed by atoms with Crippen molar-refractivity contribution in [3.63, 3.8) is 0 Å².